The molecule has 41 heavy (non-hydrogen) atoms. The van der Waals surface area contributed by atoms with Crippen LogP contribution in [-0.4, -0.2) is 74.9 Å². The zero-order valence-corrected chi connectivity index (χ0v) is 24.4. The number of hydrogen-bond donors (Lipinski definition) is 1. The molecular formula is C34H45NO6. The van der Waals surface area contributed by atoms with Gasteiger partial charge in [0.2, 0.25) is 6.29 Å². The smallest absolute Gasteiger partial charge is 0.288 e. The number of fused-ring (bicyclic) bond motifs is 3. The van der Waals surface area contributed by atoms with Crippen LogP contribution in [0.2, 0.25) is 0 Å². The maximum Gasteiger partial charge on any atom is 0.288 e. The molecule has 7 nitrogen and oxygen atoms in total. The molecule has 5 rings (SSSR count). The van der Waals surface area contributed by atoms with Gasteiger partial charge in [-0.15, -0.1) is 0 Å². The van der Waals surface area contributed by atoms with Gasteiger partial charge in [-0.3, -0.25) is 4.79 Å². The lowest BCUT2D eigenvalue weighted by Crippen LogP contribution is -2.42. The van der Waals surface area contributed by atoms with Crippen molar-refractivity contribution >= 4 is 5.91 Å². The van der Waals surface area contributed by atoms with Gasteiger partial charge >= 0.3 is 0 Å². The van der Waals surface area contributed by atoms with Crippen molar-refractivity contribution in [3.8, 4) is 11.1 Å². The molecule has 0 aromatic heterocycles. The lowest BCUT2D eigenvalue weighted by molar-refractivity contribution is -0.172. The standard InChI is InChI=1S/C34H45NO6/c1-2-40-34-29(15-19-38-21-22-39-20-18-36)31(24-32(41-34)33(37)35-16-8-4-3-5-9-17-35)28-14-10-13-27-26-12-7-6-11-25(26)23-30(27)28/h6-7,10-14,24,29,31,34,36H,2-5,8-9,15-23H2,1H3/t29-,31-,34-/m0/s1. The molecule has 0 bridgehead atoms. The number of amides is 1. The van der Waals surface area contributed by atoms with Crippen LogP contribution in [-0.2, 0) is 30.2 Å². The minimum atomic E-state index is -0.544. The lowest BCUT2D eigenvalue weighted by atomic mass is 9.78. The number of carbonyl (C=O) groups excluding carboxylic acids is 1. The maximum absolute atomic E-state index is 13.9. The number of allylic oxidation sites excluding steroid dienone is 1. The summed E-state index contributed by atoms with van der Waals surface area (Å²) in [4.78, 5) is 15.8. The van der Waals surface area contributed by atoms with Crippen molar-refractivity contribution in [1.82, 2.24) is 4.90 Å². The van der Waals surface area contributed by atoms with Crippen LogP contribution in [0, 0.1) is 5.92 Å². The van der Waals surface area contributed by atoms with E-state index in [1.54, 1.807) is 0 Å². The molecule has 0 spiro atoms. The van der Waals surface area contributed by atoms with E-state index in [0.29, 0.717) is 45.2 Å². The molecule has 0 saturated carbocycles. The second kappa shape index (κ2) is 15.0. The van der Waals surface area contributed by atoms with E-state index in [9.17, 15) is 4.79 Å². The third kappa shape index (κ3) is 7.20. The lowest BCUT2D eigenvalue weighted by Gasteiger charge is -2.38. The predicted molar refractivity (Wildman–Crippen MR) is 159 cm³/mol. The normalized spacial score (nSPS) is 22.2. The molecule has 2 aromatic carbocycles. The van der Waals surface area contributed by atoms with Gasteiger partial charge in [0, 0.05) is 38.1 Å². The van der Waals surface area contributed by atoms with Crippen molar-refractivity contribution in [2.24, 2.45) is 5.92 Å². The first kappa shape index (κ1) is 29.8. The van der Waals surface area contributed by atoms with Crippen molar-refractivity contribution < 1.29 is 28.8 Å². The zero-order valence-electron chi connectivity index (χ0n) is 24.4. The third-order valence-electron chi connectivity index (χ3n) is 8.52. The van der Waals surface area contributed by atoms with Gasteiger partial charge in [-0.2, -0.15) is 0 Å². The fourth-order valence-electron chi connectivity index (χ4n) is 6.49. The van der Waals surface area contributed by atoms with Crippen LogP contribution < -0.4 is 0 Å². The zero-order chi connectivity index (χ0) is 28.4. The molecule has 222 valence electrons. The highest BCUT2D eigenvalue weighted by atomic mass is 16.7. The van der Waals surface area contributed by atoms with Crippen LogP contribution in [0.15, 0.2) is 54.3 Å². The summed E-state index contributed by atoms with van der Waals surface area (Å²) in [6.45, 7) is 5.76. The molecule has 2 heterocycles. The van der Waals surface area contributed by atoms with Gasteiger partial charge in [-0.25, -0.2) is 0 Å². The van der Waals surface area contributed by atoms with E-state index < -0.39 is 6.29 Å². The average Bonchev–Trinajstić information content (AvgIpc) is 3.36. The Morgan fingerprint density at radius 1 is 0.927 bits per heavy atom. The Labute approximate surface area is 244 Å². The van der Waals surface area contributed by atoms with E-state index in [0.717, 1.165) is 45.2 Å². The number of aliphatic hydroxyl groups excluding tert-OH is 1. The van der Waals surface area contributed by atoms with Crippen molar-refractivity contribution in [1.29, 1.82) is 0 Å². The number of aliphatic hydroxyl groups is 1. The molecule has 1 amide bonds. The highest BCUT2D eigenvalue weighted by Gasteiger charge is 2.40. The monoisotopic (exact) mass is 563 g/mol. The van der Waals surface area contributed by atoms with Gasteiger partial charge in [0.15, 0.2) is 5.76 Å². The highest BCUT2D eigenvalue weighted by molar-refractivity contribution is 5.92. The average molecular weight is 564 g/mol. The second-order valence-electron chi connectivity index (χ2n) is 11.2. The predicted octanol–water partition coefficient (Wildman–Crippen LogP) is 5.44. The number of likely N-dealkylation sites (tertiary alicyclic amines) is 1. The molecule has 7 heteroatoms. The maximum atomic E-state index is 13.9. The van der Waals surface area contributed by atoms with E-state index in [1.807, 2.05) is 11.8 Å². The molecule has 0 unspecified atom stereocenters. The summed E-state index contributed by atoms with van der Waals surface area (Å²) in [7, 11) is 0. The van der Waals surface area contributed by atoms with Gasteiger partial charge in [0.25, 0.3) is 5.91 Å². The molecule has 2 aromatic rings. The Bertz CT molecular complexity index is 1170. The molecule has 1 N–H and O–H groups in total. The van der Waals surface area contributed by atoms with Gasteiger partial charge in [-0.1, -0.05) is 61.7 Å². The van der Waals surface area contributed by atoms with Crippen LogP contribution in [0.3, 0.4) is 0 Å². The van der Waals surface area contributed by atoms with E-state index >= 15 is 0 Å². The number of hydrogen-bond acceptors (Lipinski definition) is 6. The summed E-state index contributed by atoms with van der Waals surface area (Å²) in [5, 5.41) is 8.92. The van der Waals surface area contributed by atoms with E-state index in [-0.39, 0.29) is 24.3 Å². The Morgan fingerprint density at radius 3 is 2.44 bits per heavy atom. The summed E-state index contributed by atoms with van der Waals surface area (Å²) in [6.07, 6.45) is 8.76. The van der Waals surface area contributed by atoms with Gasteiger partial charge in [-0.05, 0) is 66.5 Å². The number of carbonyl (C=O) groups is 1. The second-order valence-corrected chi connectivity index (χ2v) is 11.2. The van der Waals surface area contributed by atoms with Crippen LogP contribution in [0.5, 0.6) is 0 Å². The summed E-state index contributed by atoms with van der Waals surface area (Å²) in [5.74, 6) is 0.324. The van der Waals surface area contributed by atoms with E-state index in [2.05, 4.69) is 48.5 Å². The van der Waals surface area contributed by atoms with Crippen LogP contribution in [0.4, 0.5) is 0 Å². The van der Waals surface area contributed by atoms with E-state index in [4.69, 9.17) is 24.1 Å². The first-order chi connectivity index (χ1) is 20.2. The number of benzene rings is 2. The molecular weight excluding hydrogens is 518 g/mol. The first-order valence-electron chi connectivity index (χ1n) is 15.5. The minimum absolute atomic E-state index is 0.00715. The molecule has 3 atom stereocenters. The van der Waals surface area contributed by atoms with Crippen LogP contribution >= 0.6 is 0 Å². The first-order valence-corrected chi connectivity index (χ1v) is 15.5. The van der Waals surface area contributed by atoms with E-state index in [1.165, 1.54) is 34.2 Å². The molecule has 1 saturated heterocycles. The molecule has 0 radical (unpaired) electrons. The number of rotatable bonds is 12. The summed E-state index contributed by atoms with van der Waals surface area (Å²) < 4.78 is 23.9. The van der Waals surface area contributed by atoms with Crippen molar-refractivity contribution in [3.63, 3.8) is 0 Å². The Morgan fingerprint density at radius 2 is 1.66 bits per heavy atom. The van der Waals surface area contributed by atoms with Crippen LogP contribution in [0.25, 0.3) is 11.1 Å². The molecule has 2 aliphatic heterocycles. The van der Waals surface area contributed by atoms with Crippen LogP contribution in [0.1, 0.15) is 68.1 Å². The number of nitrogens with zero attached hydrogens (tertiary/aromatic N) is 1. The summed E-state index contributed by atoms with van der Waals surface area (Å²) >= 11 is 0. The highest BCUT2D eigenvalue weighted by Crippen LogP contribution is 2.45. The van der Waals surface area contributed by atoms with Gasteiger partial charge in [0.1, 0.15) is 0 Å². The topological polar surface area (TPSA) is 77.5 Å². The Kier molecular flexibility index (Phi) is 10.9. The summed E-state index contributed by atoms with van der Waals surface area (Å²) in [6, 6.07) is 15.2. The van der Waals surface area contributed by atoms with Crippen molar-refractivity contribution in [3.05, 3.63) is 71.0 Å². The van der Waals surface area contributed by atoms with Gasteiger partial charge < -0.3 is 29.0 Å². The fraction of sp³-hybridized carbons (Fsp3) is 0.559. The Hall–Kier alpha value is -2.71. The quantitative estimate of drug-likeness (QED) is 0.296. The number of ether oxygens (including phenoxy) is 4. The minimum Gasteiger partial charge on any atom is -0.459 e. The van der Waals surface area contributed by atoms with Crippen molar-refractivity contribution in [2.75, 3.05) is 52.7 Å². The molecule has 3 aliphatic rings. The van der Waals surface area contributed by atoms with Crippen molar-refractivity contribution in [2.45, 2.75) is 64.1 Å². The Balaban J connectivity index is 1.44. The molecule has 1 fully saturated rings. The SMILES string of the molecule is CCO[C@H]1OC(C(=O)N2CCCCCCC2)=C[C@@H](c2cccc3c2Cc2ccccc2-3)[C@@H]1CCOCCOCCO. The van der Waals surface area contributed by atoms with Gasteiger partial charge in [0.05, 0.1) is 26.4 Å². The molecule has 1 aliphatic carbocycles. The third-order valence-corrected chi connectivity index (χ3v) is 8.52. The largest absolute Gasteiger partial charge is 0.459 e. The summed E-state index contributed by atoms with van der Waals surface area (Å²) in [5.41, 5.74) is 6.47. The fourth-order valence-corrected chi connectivity index (χ4v) is 6.49.